The summed E-state index contributed by atoms with van der Waals surface area (Å²) in [6.07, 6.45) is 2.55. The number of amides is 1. The van der Waals surface area contributed by atoms with E-state index in [0.29, 0.717) is 6.54 Å². The minimum Gasteiger partial charge on any atom is -0.465 e. The molecule has 0 spiro atoms. The van der Waals surface area contributed by atoms with Crippen LogP contribution in [0, 0.1) is 10.1 Å². The van der Waals surface area contributed by atoms with Crippen LogP contribution in [0.5, 0.6) is 0 Å². The van der Waals surface area contributed by atoms with Crippen LogP contribution in [-0.4, -0.2) is 41.4 Å². The molecule has 1 atom stereocenters. The van der Waals surface area contributed by atoms with Crippen molar-refractivity contribution in [2.24, 2.45) is 0 Å². The van der Waals surface area contributed by atoms with Crippen molar-refractivity contribution in [2.75, 3.05) is 13.7 Å². The fourth-order valence-corrected chi connectivity index (χ4v) is 2.31. The number of carbonyl (C=O) groups is 2. The van der Waals surface area contributed by atoms with Gasteiger partial charge in [-0.05, 0) is 25.8 Å². The van der Waals surface area contributed by atoms with E-state index in [1.54, 1.807) is 4.90 Å². The van der Waals surface area contributed by atoms with Crippen LogP contribution in [0.2, 0.25) is 0 Å². The zero-order valence-corrected chi connectivity index (χ0v) is 14.6. The van der Waals surface area contributed by atoms with Gasteiger partial charge in [0.2, 0.25) is 0 Å². The van der Waals surface area contributed by atoms with Crippen LogP contribution in [-0.2, 0) is 4.74 Å². The Morgan fingerprint density at radius 2 is 1.88 bits per heavy atom. The highest BCUT2D eigenvalue weighted by molar-refractivity contribution is 5.99. The molecule has 7 heteroatoms. The number of non-ortho nitro benzene ring substituents is 1. The number of rotatable bonds is 8. The summed E-state index contributed by atoms with van der Waals surface area (Å²) in [6, 6.07) is 3.67. The number of benzene rings is 1. The molecule has 0 radical (unpaired) electrons. The zero-order valence-electron chi connectivity index (χ0n) is 14.6. The minimum absolute atomic E-state index is 0.00453. The Morgan fingerprint density at radius 1 is 1.25 bits per heavy atom. The van der Waals surface area contributed by atoms with Crippen molar-refractivity contribution >= 4 is 17.6 Å². The van der Waals surface area contributed by atoms with Crippen molar-refractivity contribution in [3.63, 3.8) is 0 Å². The van der Waals surface area contributed by atoms with Gasteiger partial charge in [0.15, 0.2) is 0 Å². The van der Waals surface area contributed by atoms with E-state index in [-0.39, 0.29) is 28.8 Å². The van der Waals surface area contributed by atoms with Crippen LogP contribution in [0.25, 0.3) is 0 Å². The van der Waals surface area contributed by atoms with Gasteiger partial charge in [-0.1, -0.05) is 20.3 Å². The zero-order chi connectivity index (χ0) is 18.3. The van der Waals surface area contributed by atoms with E-state index in [2.05, 4.69) is 4.74 Å². The predicted octanol–water partition coefficient (Wildman–Crippen LogP) is 3.42. The summed E-state index contributed by atoms with van der Waals surface area (Å²) in [7, 11) is 1.19. The summed E-state index contributed by atoms with van der Waals surface area (Å²) in [5.41, 5.74) is -0.184. The fraction of sp³-hybridized carbons (Fsp3) is 0.529. The summed E-state index contributed by atoms with van der Waals surface area (Å²) in [5.74, 6) is -1.02. The van der Waals surface area contributed by atoms with E-state index < -0.39 is 10.9 Å². The van der Waals surface area contributed by atoms with Crippen LogP contribution >= 0.6 is 0 Å². The number of hydrogen-bond donors (Lipinski definition) is 0. The second kappa shape index (κ2) is 9.00. The molecule has 0 saturated heterocycles. The molecular formula is C17H24N2O5. The molecular weight excluding hydrogens is 312 g/mol. The molecule has 1 unspecified atom stereocenters. The van der Waals surface area contributed by atoms with E-state index >= 15 is 0 Å². The first-order valence-corrected chi connectivity index (χ1v) is 8.04. The number of ether oxygens (including phenoxy) is 1. The van der Waals surface area contributed by atoms with Gasteiger partial charge in [0.25, 0.3) is 11.6 Å². The van der Waals surface area contributed by atoms with Crippen molar-refractivity contribution < 1.29 is 19.2 Å². The molecule has 1 aromatic carbocycles. The van der Waals surface area contributed by atoms with Gasteiger partial charge in [0.1, 0.15) is 0 Å². The molecule has 132 valence electrons. The lowest BCUT2D eigenvalue weighted by molar-refractivity contribution is -0.384. The van der Waals surface area contributed by atoms with Gasteiger partial charge < -0.3 is 9.64 Å². The second-order valence-corrected chi connectivity index (χ2v) is 5.63. The van der Waals surface area contributed by atoms with E-state index in [9.17, 15) is 19.7 Å². The number of unbranched alkanes of at least 4 members (excludes halogenated alkanes) is 1. The number of hydrogen-bond acceptors (Lipinski definition) is 5. The highest BCUT2D eigenvalue weighted by Gasteiger charge is 2.24. The van der Waals surface area contributed by atoms with Crippen molar-refractivity contribution in [1.29, 1.82) is 0 Å². The lowest BCUT2D eigenvalue weighted by Crippen LogP contribution is -2.39. The average molecular weight is 336 g/mol. The summed E-state index contributed by atoms with van der Waals surface area (Å²) in [4.78, 5) is 36.7. The normalized spacial score (nSPS) is 11.7. The van der Waals surface area contributed by atoms with E-state index in [1.165, 1.54) is 19.2 Å². The molecule has 1 amide bonds. The third kappa shape index (κ3) is 4.78. The first-order valence-electron chi connectivity index (χ1n) is 8.04. The minimum atomic E-state index is -0.712. The monoisotopic (exact) mass is 336 g/mol. The van der Waals surface area contributed by atoms with Crippen molar-refractivity contribution in [3.8, 4) is 0 Å². The Bertz CT molecular complexity index is 615. The van der Waals surface area contributed by atoms with Gasteiger partial charge in [0, 0.05) is 30.3 Å². The van der Waals surface area contributed by atoms with Crippen molar-refractivity contribution in [1.82, 2.24) is 4.90 Å². The summed E-state index contributed by atoms with van der Waals surface area (Å²) in [6.45, 7) is 6.51. The largest absolute Gasteiger partial charge is 0.465 e. The topological polar surface area (TPSA) is 89.8 Å². The first-order chi connectivity index (χ1) is 11.3. The molecule has 1 aromatic rings. The Hall–Kier alpha value is -2.44. The Morgan fingerprint density at radius 3 is 2.38 bits per heavy atom. The van der Waals surface area contributed by atoms with Gasteiger partial charge in [-0.3, -0.25) is 14.9 Å². The highest BCUT2D eigenvalue weighted by Crippen LogP contribution is 2.21. The maximum absolute atomic E-state index is 12.8. The number of carbonyl (C=O) groups excluding carboxylic acids is 2. The standard InChI is InChI=1S/C17H24N2O5/c1-5-7-8-18(12(3)6-2)16(20)13-9-14(17(21)24-4)11-15(10-13)19(22)23/h9-12H,5-8H2,1-4H3. The smallest absolute Gasteiger partial charge is 0.338 e. The Kier molecular flexibility index (Phi) is 7.35. The molecule has 0 saturated carbocycles. The average Bonchev–Trinajstić information content (AvgIpc) is 2.60. The molecule has 0 aliphatic heterocycles. The molecule has 0 N–H and O–H groups in total. The maximum atomic E-state index is 12.8. The Balaban J connectivity index is 3.29. The molecule has 7 nitrogen and oxygen atoms in total. The third-order valence-electron chi connectivity index (χ3n) is 3.93. The van der Waals surface area contributed by atoms with Crippen molar-refractivity contribution in [2.45, 2.75) is 46.1 Å². The van der Waals surface area contributed by atoms with Crippen LogP contribution in [0.15, 0.2) is 18.2 Å². The lowest BCUT2D eigenvalue weighted by atomic mass is 10.1. The molecule has 1 rings (SSSR count). The number of nitrogens with zero attached hydrogens (tertiary/aromatic N) is 2. The fourth-order valence-electron chi connectivity index (χ4n) is 2.31. The van der Waals surface area contributed by atoms with Crippen LogP contribution in [0.4, 0.5) is 5.69 Å². The molecule has 0 bridgehead atoms. The van der Waals surface area contributed by atoms with Gasteiger partial charge in [-0.2, -0.15) is 0 Å². The van der Waals surface area contributed by atoms with Gasteiger partial charge >= 0.3 is 5.97 Å². The number of nitro benzene ring substituents is 1. The summed E-state index contributed by atoms with van der Waals surface area (Å²) >= 11 is 0. The second-order valence-electron chi connectivity index (χ2n) is 5.63. The lowest BCUT2D eigenvalue weighted by Gasteiger charge is -2.28. The molecule has 0 fully saturated rings. The van der Waals surface area contributed by atoms with Crippen LogP contribution in [0.3, 0.4) is 0 Å². The van der Waals surface area contributed by atoms with Crippen LogP contribution in [0.1, 0.15) is 60.7 Å². The number of esters is 1. The molecule has 0 aromatic heterocycles. The maximum Gasteiger partial charge on any atom is 0.338 e. The highest BCUT2D eigenvalue weighted by atomic mass is 16.6. The predicted molar refractivity (Wildman–Crippen MR) is 90.1 cm³/mol. The summed E-state index contributed by atoms with van der Waals surface area (Å²) in [5, 5.41) is 11.1. The third-order valence-corrected chi connectivity index (χ3v) is 3.93. The van der Waals surface area contributed by atoms with Gasteiger partial charge in [-0.25, -0.2) is 4.79 Å². The Labute approximate surface area is 141 Å². The summed E-state index contributed by atoms with van der Waals surface area (Å²) < 4.78 is 4.61. The van der Waals surface area contributed by atoms with E-state index in [1.807, 2.05) is 20.8 Å². The van der Waals surface area contributed by atoms with E-state index in [0.717, 1.165) is 25.3 Å². The van der Waals surface area contributed by atoms with Crippen molar-refractivity contribution in [3.05, 3.63) is 39.4 Å². The molecule has 24 heavy (non-hydrogen) atoms. The molecule has 0 aliphatic rings. The van der Waals surface area contributed by atoms with Gasteiger partial charge in [-0.15, -0.1) is 0 Å². The SMILES string of the molecule is CCCCN(C(=O)c1cc(C(=O)OC)cc([N+](=O)[O-])c1)C(C)CC. The van der Waals surface area contributed by atoms with E-state index in [4.69, 9.17) is 0 Å². The number of methoxy groups -OCH3 is 1. The van der Waals surface area contributed by atoms with Crippen LogP contribution < -0.4 is 0 Å². The van der Waals surface area contributed by atoms with Gasteiger partial charge in [0.05, 0.1) is 17.6 Å². The molecule has 0 aliphatic carbocycles. The quantitative estimate of drug-likeness (QED) is 0.412. The molecule has 0 heterocycles. The number of nitro groups is 1. The first kappa shape index (κ1) is 19.6.